The number of hydrogen-bond donors (Lipinski definition) is 0. The Kier molecular flexibility index (Phi) is 76.0. The predicted molar refractivity (Wildman–Crippen MR) is 334 cm³/mol. The third-order valence-corrected chi connectivity index (χ3v) is 10.7. The van der Waals surface area contributed by atoms with Crippen molar-refractivity contribution in [3.8, 4) is 0 Å². The van der Waals surface area contributed by atoms with Crippen molar-refractivity contribution in [2.75, 3.05) is 277 Å². The number of azide groups is 8. The van der Waals surface area contributed by atoms with Crippen LogP contribution in [0.2, 0.25) is 0 Å². The fourth-order valence-corrected chi connectivity index (χ4v) is 6.57. The second-order valence-corrected chi connectivity index (χ2v) is 17.7. The summed E-state index contributed by atoms with van der Waals surface area (Å²) in [6, 6.07) is 0. The van der Waals surface area contributed by atoms with E-state index in [1.165, 1.54) is 0 Å². The van der Waals surface area contributed by atoms with Crippen LogP contribution < -0.4 is 0 Å². The first-order chi connectivity index (χ1) is 47.0. The third kappa shape index (κ3) is 70.0. The van der Waals surface area contributed by atoms with Crippen LogP contribution in [0.5, 0.6) is 0 Å². The molecule has 0 aromatic rings. The van der Waals surface area contributed by atoms with Crippen molar-refractivity contribution in [1.29, 1.82) is 0 Å². The van der Waals surface area contributed by atoms with E-state index in [1.54, 1.807) is 0 Å². The lowest BCUT2D eigenvalue weighted by Crippen LogP contribution is -2.35. The number of ether oxygens (including phenoxy) is 19. The molecule has 0 heterocycles. The molecule has 0 saturated heterocycles. The van der Waals surface area contributed by atoms with Crippen LogP contribution in [0.1, 0.15) is 0 Å². The molecule has 0 aromatic heterocycles. The smallest absolute Gasteiger partial charge is 0.111 e. The van der Waals surface area contributed by atoms with E-state index in [-0.39, 0.29) is 277 Å². The largest absolute Gasteiger partial charge is 0.379 e. The number of hydrogen-bond acceptors (Lipinski definition) is 29. The van der Waals surface area contributed by atoms with Crippen LogP contribution in [0.15, 0.2) is 54.1 Å². The molecule has 0 aromatic carbocycles. The van der Waals surface area contributed by atoms with Gasteiger partial charge in [0.15, 0.2) is 0 Å². The second kappa shape index (κ2) is 79.8. The second-order valence-electron chi connectivity index (χ2n) is 17.7. The van der Waals surface area contributed by atoms with E-state index in [2.05, 4.69) is 93.4 Å². The minimum absolute atomic E-state index is 0.00150. The van der Waals surface area contributed by atoms with Gasteiger partial charge in [0.1, 0.15) is 43.2 Å². The van der Waals surface area contributed by atoms with E-state index >= 15 is 0 Å². The van der Waals surface area contributed by atoms with Crippen LogP contribution in [0.25, 0.3) is 83.5 Å². The summed E-state index contributed by atoms with van der Waals surface area (Å²) in [7, 11) is 0. The Morgan fingerprint density at radius 1 is 0.189 bits per heavy atom. The van der Waals surface area contributed by atoms with Crippen molar-refractivity contribution in [3.63, 3.8) is 0 Å². The normalized spacial score (nSPS) is 12.6. The molecule has 540 valence electrons. The van der Waals surface area contributed by atoms with Crippen molar-refractivity contribution < 1.29 is 99.8 Å². The Balaban J connectivity index is 0. The van der Waals surface area contributed by atoms with Gasteiger partial charge in [-0.05, 0) is 44.2 Å². The van der Waals surface area contributed by atoms with Gasteiger partial charge in [-0.3, -0.25) is 0 Å². The molecule has 0 aliphatic heterocycles. The van der Waals surface area contributed by atoms with Crippen molar-refractivity contribution in [2.24, 2.45) is 40.9 Å². The average Bonchev–Trinajstić information content (AvgIpc) is 3.80. The quantitative estimate of drug-likeness (QED) is 0.0116. The predicted octanol–water partition coefficient (Wildman–Crippen LogP) is 6.75. The van der Waals surface area contributed by atoms with Gasteiger partial charge < -0.3 is 90.0 Å². The van der Waals surface area contributed by atoms with Crippen LogP contribution in [0.3, 0.4) is 0 Å². The fraction of sp³-hybridized carbons (Fsp3) is 0.960. The Hall–Kier alpha value is -6.62. The molecule has 0 amide bonds. The molecule has 6 unspecified atom stereocenters. The lowest BCUT2D eigenvalue weighted by Gasteiger charge is -2.24. The van der Waals surface area contributed by atoms with Gasteiger partial charge in [0.2, 0.25) is 0 Å². The van der Waals surface area contributed by atoms with Gasteiger partial charge in [-0.1, -0.05) is 40.9 Å². The summed E-state index contributed by atoms with van der Waals surface area (Å²) < 4.78 is 111. The van der Waals surface area contributed by atoms with Crippen LogP contribution in [0, 0.1) is 0 Å². The van der Waals surface area contributed by atoms with Gasteiger partial charge in [0.25, 0.3) is 0 Å². The maximum atomic E-state index is 8.66. The summed E-state index contributed by atoms with van der Waals surface area (Å²) in [5, 5.41) is 27.6. The zero-order valence-electron chi connectivity index (χ0n) is 53.9. The molecule has 45 heteroatoms. The molecule has 0 bridgehead atoms. The molecule has 0 radical (unpaired) electrons. The Bertz CT molecular complexity index is 2160. The Morgan fingerprint density at radius 3 is 0.568 bits per heavy atom. The van der Waals surface area contributed by atoms with Gasteiger partial charge in [-0.25, -0.2) is 9.78 Å². The van der Waals surface area contributed by atoms with E-state index in [0.29, 0.717) is 0 Å². The third-order valence-electron chi connectivity index (χ3n) is 10.7. The molecular formula is C50H94N24O21. The molecular weight excluding hydrogens is 1270 g/mol. The molecule has 0 aliphatic carbocycles. The van der Waals surface area contributed by atoms with Gasteiger partial charge in [0, 0.05) is 85.1 Å². The molecule has 0 N–H and O–H groups in total. The minimum atomic E-state index is -0.688. The topological polar surface area (TPSA) is 584 Å². The van der Waals surface area contributed by atoms with E-state index in [1.807, 2.05) is 0 Å². The van der Waals surface area contributed by atoms with E-state index in [4.69, 9.17) is 144 Å². The standard InChI is InChI=1S/C48H90N24O21.C2H4/c49-65-57-1-9-73-17-18-80-31-43(86-25-19-74-10-2-58-66-50)32-81-33-44(87-26-20-75-11-3-59-67-51)34-82-35-45(88-27-21-76-12-4-60-68-52)36-83-37-46(89-28-22-77-13-5-61-69-53)38-84-39-47(90-29-23-78-14-6-62-70-54)40-85-41-48(42-93-92-16-8-64-72-56)91-30-24-79-15-7-63-71-55;1-2/h43-48H,1-42H2;1-2H2. The summed E-state index contributed by atoms with van der Waals surface area (Å²) in [6.07, 6.45) is -3.91. The molecule has 0 saturated carbocycles. The zero-order chi connectivity index (χ0) is 69.3. The monoisotopic (exact) mass is 1370 g/mol. The maximum Gasteiger partial charge on any atom is 0.111 e. The average molecular weight is 1370 g/mol. The molecule has 0 spiro atoms. The lowest BCUT2D eigenvalue weighted by atomic mass is 10.3. The van der Waals surface area contributed by atoms with Crippen LogP contribution in [-0.4, -0.2) is 314 Å². The van der Waals surface area contributed by atoms with Gasteiger partial charge in [-0.15, -0.1) is 13.2 Å². The highest BCUT2D eigenvalue weighted by atomic mass is 17.2. The summed E-state index contributed by atoms with van der Waals surface area (Å²) >= 11 is 0. The minimum Gasteiger partial charge on any atom is -0.379 e. The van der Waals surface area contributed by atoms with Crippen molar-refractivity contribution in [3.05, 3.63) is 96.7 Å². The van der Waals surface area contributed by atoms with Crippen molar-refractivity contribution in [1.82, 2.24) is 0 Å². The fourth-order valence-electron chi connectivity index (χ4n) is 6.57. The van der Waals surface area contributed by atoms with E-state index in [0.717, 1.165) is 0 Å². The number of nitrogens with zero attached hydrogens (tertiary/aromatic N) is 24. The highest BCUT2D eigenvalue weighted by Crippen LogP contribution is 2.07. The maximum absolute atomic E-state index is 8.66. The van der Waals surface area contributed by atoms with Crippen molar-refractivity contribution in [2.45, 2.75) is 36.6 Å². The molecule has 45 nitrogen and oxygen atoms in total. The molecule has 0 fully saturated rings. The van der Waals surface area contributed by atoms with E-state index < -0.39 is 36.6 Å². The van der Waals surface area contributed by atoms with Gasteiger partial charge >= 0.3 is 0 Å². The first kappa shape index (κ1) is 90.4. The zero-order valence-corrected chi connectivity index (χ0v) is 53.9. The first-order valence-electron chi connectivity index (χ1n) is 30.0. The highest BCUT2D eigenvalue weighted by Gasteiger charge is 2.21. The molecule has 0 rings (SSSR count). The van der Waals surface area contributed by atoms with Crippen LogP contribution in [0.4, 0.5) is 0 Å². The SMILES string of the molecule is C=C.[N-]=[N+]=NCCOCCOCC(COCC(COCC(COCC(COCC(COCC(COOCCN=[N+]=[N-])OCCOCCN=[N+]=[N-])OCCOCCN=[N+]=[N-])OCCOCCN=[N+]=[N-])OCCOCCN=[N+]=[N-])OCCOCCN=[N+]=[N-])OCCOCCN=[N+]=[N-]. The Morgan fingerprint density at radius 2 is 0.358 bits per heavy atom. The summed E-state index contributed by atoms with van der Waals surface area (Å²) in [4.78, 5) is 32.1. The van der Waals surface area contributed by atoms with Gasteiger partial charge in [0.05, 0.1) is 225 Å². The summed E-state index contributed by atoms with van der Waals surface area (Å²) in [6.45, 7) is 10.7. The van der Waals surface area contributed by atoms with Crippen LogP contribution in [-0.2, 0) is 99.8 Å². The highest BCUT2D eigenvalue weighted by molar-refractivity contribution is 4.66. The lowest BCUT2D eigenvalue weighted by molar-refractivity contribution is -0.307. The molecule has 0 aliphatic rings. The summed E-state index contributed by atoms with van der Waals surface area (Å²) in [5.74, 6) is 0. The van der Waals surface area contributed by atoms with Crippen molar-refractivity contribution >= 4 is 0 Å². The van der Waals surface area contributed by atoms with Crippen LogP contribution >= 0.6 is 0 Å². The number of rotatable bonds is 76. The Labute approximate surface area is 549 Å². The summed E-state index contributed by atoms with van der Waals surface area (Å²) in [5.41, 5.74) is 68.7. The molecule has 95 heavy (non-hydrogen) atoms. The van der Waals surface area contributed by atoms with E-state index in [9.17, 15) is 0 Å². The molecule has 6 atom stereocenters. The van der Waals surface area contributed by atoms with Gasteiger partial charge in [-0.2, -0.15) is 0 Å². The first-order valence-corrected chi connectivity index (χ1v) is 30.0.